The number of nitrogens with one attached hydrogen (secondary N) is 1. The van der Waals surface area contributed by atoms with Crippen LogP contribution in [-0.4, -0.2) is 36.7 Å². The van der Waals surface area contributed by atoms with Crippen LogP contribution in [0.15, 0.2) is 63.3 Å². The van der Waals surface area contributed by atoms with Crippen LogP contribution in [0.5, 0.6) is 0 Å². The maximum absolute atomic E-state index is 13.0. The molecule has 0 aliphatic carbocycles. The number of thiazole rings is 1. The predicted molar refractivity (Wildman–Crippen MR) is 127 cm³/mol. The van der Waals surface area contributed by atoms with Gasteiger partial charge in [0, 0.05) is 34.2 Å². The molecule has 1 fully saturated rings. The van der Waals surface area contributed by atoms with Crippen molar-refractivity contribution in [3.8, 4) is 11.3 Å². The Balaban J connectivity index is 1.46. The van der Waals surface area contributed by atoms with Crippen LogP contribution in [-0.2, 0) is 14.8 Å². The number of aryl methyl sites for hydroxylation is 1. The largest absolute Gasteiger partial charge is 0.326 e. The van der Waals surface area contributed by atoms with Crippen LogP contribution in [0, 0.1) is 12.8 Å². The van der Waals surface area contributed by atoms with E-state index in [1.165, 1.54) is 4.31 Å². The zero-order valence-electron chi connectivity index (χ0n) is 16.9. The van der Waals surface area contributed by atoms with E-state index in [-0.39, 0.29) is 17.3 Å². The summed E-state index contributed by atoms with van der Waals surface area (Å²) in [5.74, 6) is -0.563. The summed E-state index contributed by atoms with van der Waals surface area (Å²) in [5.41, 5.74) is 2.49. The van der Waals surface area contributed by atoms with E-state index in [4.69, 9.17) is 0 Å². The third-order valence-electron chi connectivity index (χ3n) is 5.25. The fourth-order valence-corrected chi connectivity index (χ4v) is 6.04. The van der Waals surface area contributed by atoms with Gasteiger partial charge in [-0.15, -0.1) is 11.3 Å². The number of amides is 1. The number of hydrogen-bond acceptors (Lipinski definition) is 5. The standard InChI is InChI=1S/C22H22BrN3O3S2/c1-15-24-21(14-30-15)16-4-2-6-19(12-16)25-22(27)17-5-3-11-26(13-17)31(28,29)20-9-7-18(23)8-10-20/h2,4,6-10,12,14,17H,3,5,11,13H2,1H3,(H,25,27). The van der Waals surface area contributed by atoms with Gasteiger partial charge in [0.2, 0.25) is 15.9 Å². The fraction of sp³-hybridized carbons (Fsp3) is 0.273. The minimum Gasteiger partial charge on any atom is -0.326 e. The number of carbonyl (C=O) groups excluding carboxylic acids is 1. The molecule has 1 aliphatic rings. The molecular weight excluding hydrogens is 498 g/mol. The van der Waals surface area contributed by atoms with Gasteiger partial charge >= 0.3 is 0 Å². The lowest BCUT2D eigenvalue weighted by Gasteiger charge is -2.31. The van der Waals surface area contributed by atoms with Crippen LogP contribution < -0.4 is 5.32 Å². The summed E-state index contributed by atoms with van der Waals surface area (Å²) in [5, 5.41) is 5.93. The van der Waals surface area contributed by atoms with Gasteiger partial charge in [0.15, 0.2) is 0 Å². The number of piperidine rings is 1. The lowest BCUT2D eigenvalue weighted by atomic mass is 9.98. The van der Waals surface area contributed by atoms with Crippen LogP contribution in [0.2, 0.25) is 0 Å². The van der Waals surface area contributed by atoms with Crippen molar-refractivity contribution in [3.63, 3.8) is 0 Å². The Morgan fingerprint density at radius 2 is 2.00 bits per heavy atom. The minimum atomic E-state index is -3.63. The van der Waals surface area contributed by atoms with Crippen LogP contribution in [0.1, 0.15) is 17.8 Å². The average Bonchev–Trinajstić information content (AvgIpc) is 3.21. The number of anilines is 1. The third-order valence-corrected chi connectivity index (χ3v) is 8.43. The summed E-state index contributed by atoms with van der Waals surface area (Å²) in [7, 11) is -3.63. The number of halogens is 1. The molecule has 6 nitrogen and oxygen atoms in total. The van der Waals surface area contributed by atoms with Gasteiger partial charge in [-0.3, -0.25) is 4.79 Å². The first-order valence-corrected chi connectivity index (χ1v) is 13.0. The van der Waals surface area contributed by atoms with Crippen LogP contribution in [0.3, 0.4) is 0 Å². The summed E-state index contributed by atoms with van der Waals surface area (Å²) in [6.07, 6.45) is 1.30. The highest BCUT2D eigenvalue weighted by Crippen LogP contribution is 2.27. The molecule has 2 heterocycles. The van der Waals surface area contributed by atoms with Crippen LogP contribution in [0.25, 0.3) is 11.3 Å². The van der Waals surface area contributed by atoms with Gasteiger partial charge in [-0.05, 0) is 56.2 Å². The highest BCUT2D eigenvalue weighted by atomic mass is 79.9. The lowest BCUT2D eigenvalue weighted by Crippen LogP contribution is -2.43. The Morgan fingerprint density at radius 3 is 2.71 bits per heavy atom. The first-order valence-electron chi connectivity index (χ1n) is 9.92. The van der Waals surface area contributed by atoms with Gasteiger partial charge in [0.25, 0.3) is 0 Å². The Morgan fingerprint density at radius 1 is 1.23 bits per heavy atom. The highest BCUT2D eigenvalue weighted by Gasteiger charge is 2.33. The second-order valence-electron chi connectivity index (χ2n) is 7.48. The molecule has 1 atom stereocenters. The SMILES string of the molecule is Cc1nc(-c2cccc(NC(=O)C3CCCN(S(=O)(=O)c4ccc(Br)cc4)C3)c2)cs1. The van der Waals surface area contributed by atoms with Crippen LogP contribution >= 0.6 is 27.3 Å². The molecule has 0 bridgehead atoms. The molecule has 162 valence electrons. The van der Waals surface area contributed by atoms with E-state index >= 15 is 0 Å². The molecule has 1 aliphatic heterocycles. The van der Waals surface area contributed by atoms with E-state index < -0.39 is 15.9 Å². The molecular formula is C22H22BrN3O3S2. The molecule has 0 spiro atoms. The number of benzene rings is 2. The van der Waals surface area contributed by atoms with E-state index in [1.807, 2.05) is 36.6 Å². The lowest BCUT2D eigenvalue weighted by molar-refractivity contribution is -0.120. The minimum absolute atomic E-state index is 0.165. The van der Waals surface area contributed by atoms with E-state index in [9.17, 15) is 13.2 Å². The van der Waals surface area contributed by atoms with Gasteiger partial charge in [-0.25, -0.2) is 13.4 Å². The summed E-state index contributed by atoms with van der Waals surface area (Å²) < 4.78 is 28.2. The number of rotatable bonds is 5. The molecule has 1 aromatic heterocycles. The van der Waals surface area contributed by atoms with Gasteiger partial charge in [0.05, 0.1) is 21.5 Å². The second kappa shape index (κ2) is 9.20. The predicted octanol–water partition coefficient (Wildman–Crippen LogP) is 4.92. The third kappa shape index (κ3) is 5.06. The van der Waals surface area contributed by atoms with E-state index in [0.29, 0.717) is 25.1 Å². The Kier molecular flexibility index (Phi) is 6.57. The smallest absolute Gasteiger partial charge is 0.243 e. The molecule has 3 aromatic rings. The maximum atomic E-state index is 13.0. The van der Waals surface area contributed by atoms with Crippen molar-refractivity contribution in [1.82, 2.24) is 9.29 Å². The van der Waals surface area contributed by atoms with Gasteiger partial charge in [-0.2, -0.15) is 4.31 Å². The topological polar surface area (TPSA) is 79.4 Å². The number of nitrogens with zero attached hydrogens (tertiary/aromatic N) is 2. The monoisotopic (exact) mass is 519 g/mol. The molecule has 4 rings (SSSR count). The van der Waals surface area contributed by atoms with Crippen molar-refractivity contribution in [2.24, 2.45) is 5.92 Å². The average molecular weight is 520 g/mol. The molecule has 1 N–H and O–H groups in total. The van der Waals surface area contributed by atoms with Crippen molar-refractivity contribution in [2.75, 3.05) is 18.4 Å². The zero-order valence-corrected chi connectivity index (χ0v) is 20.1. The normalized spacial score (nSPS) is 17.4. The van der Waals surface area contributed by atoms with Crippen molar-refractivity contribution in [1.29, 1.82) is 0 Å². The second-order valence-corrected chi connectivity index (χ2v) is 11.4. The maximum Gasteiger partial charge on any atom is 0.243 e. The summed E-state index contributed by atoms with van der Waals surface area (Å²) in [6.45, 7) is 2.55. The number of aromatic nitrogens is 1. The Hall–Kier alpha value is -2.07. The molecule has 0 radical (unpaired) electrons. The first kappa shape index (κ1) is 22.1. The Bertz CT molecular complexity index is 1190. The van der Waals surface area contributed by atoms with Crippen molar-refractivity contribution in [3.05, 3.63) is 63.4 Å². The zero-order chi connectivity index (χ0) is 22.0. The first-order chi connectivity index (χ1) is 14.8. The van der Waals surface area contributed by atoms with Gasteiger partial charge in [0.1, 0.15) is 0 Å². The van der Waals surface area contributed by atoms with E-state index in [2.05, 4.69) is 26.2 Å². The van der Waals surface area contributed by atoms with Gasteiger partial charge in [-0.1, -0.05) is 28.1 Å². The quantitative estimate of drug-likeness (QED) is 0.518. The van der Waals surface area contributed by atoms with E-state index in [0.717, 1.165) is 20.7 Å². The molecule has 31 heavy (non-hydrogen) atoms. The molecule has 1 amide bonds. The summed E-state index contributed by atoms with van der Waals surface area (Å²) >= 11 is 4.90. The fourth-order valence-electron chi connectivity index (χ4n) is 3.63. The molecule has 9 heteroatoms. The summed E-state index contributed by atoms with van der Waals surface area (Å²) in [6, 6.07) is 14.1. The Labute approximate surface area is 194 Å². The van der Waals surface area contributed by atoms with Crippen molar-refractivity contribution < 1.29 is 13.2 Å². The van der Waals surface area contributed by atoms with Crippen molar-refractivity contribution in [2.45, 2.75) is 24.7 Å². The summed E-state index contributed by atoms with van der Waals surface area (Å²) in [4.78, 5) is 17.7. The molecule has 1 unspecified atom stereocenters. The van der Waals surface area contributed by atoms with Crippen LogP contribution in [0.4, 0.5) is 5.69 Å². The van der Waals surface area contributed by atoms with Gasteiger partial charge < -0.3 is 5.32 Å². The molecule has 1 saturated heterocycles. The molecule has 0 saturated carbocycles. The van der Waals surface area contributed by atoms with Crippen molar-refractivity contribution >= 4 is 48.9 Å². The highest BCUT2D eigenvalue weighted by molar-refractivity contribution is 9.10. The number of sulfonamides is 1. The van der Waals surface area contributed by atoms with E-state index in [1.54, 1.807) is 35.6 Å². The number of hydrogen-bond donors (Lipinski definition) is 1. The number of carbonyl (C=O) groups is 1. The molecule has 2 aromatic carbocycles.